The van der Waals surface area contributed by atoms with Crippen molar-refractivity contribution in [2.75, 3.05) is 24.3 Å². The first kappa shape index (κ1) is 25.0. The SMILES string of the molecule is COc1ccc2nc(N(CCCn3ccnc3)C(=O)CCSc3ccc(F)cc3)sc2c1.Cl. The highest BCUT2D eigenvalue weighted by molar-refractivity contribution is 7.99. The van der Waals surface area contributed by atoms with Gasteiger partial charge in [-0.25, -0.2) is 14.4 Å². The number of carbonyl (C=O) groups excluding carboxylic acids is 1. The topological polar surface area (TPSA) is 60.2 Å². The highest BCUT2D eigenvalue weighted by atomic mass is 35.5. The van der Waals surface area contributed by atoms with Crippen molar-refractivity contribution in [3.63, 3.8) is 0 Å². The number of benzene rings is 2. The van der Waals surface area contributed by atoms with Gasteiger partial charge in [0.25, 0.3) is 0 Å². The number of halogens is 2. The number of carbonyl (C=O) groups is 1. The highest BCUT2D eigenvalue weighted by Crippen LogP contribution is 2.32. The Bertz CT molecular complexity index is 1170. The van der Waals surface area contributed by atoms with Crippen LogP contribution in [0.1, 0.15) is 12.8 Å². The first-order chi connectivity index (χ1) is 15.6. The van der Waals surface area contributed by atoms with Crippen molar-refractivity contribution >= 4 is 56.8 Å². The zero-order valence-corrected chi connectivity index (χ0v) is 20.5. The Labute approximate surface area is 206 Å². The summed E-state index contributed by atoms with van der Waals surface area (Å²) in [7, 11) is 1.63. The van der Waals surface area contributed by atoms with Crippen LogP contribution < -0.4 is 9.64 Å². The molecule has 4 rings (SSSR count). The van der Waals surface area contributed by atoms with E-state index in [4.69, 9.17) is 9.72 Å². The lowest BCUT2D eigenvalue weighted by Crippen LogP contribution is -2.32. The third-order valence-corrected chi connectivity index (χ3v) is 6.93. The molecule has 33 heavy (non-hydrogen) atoms. The third-order valence-electron chi connectivity index (χ3n) is 4.87. The van der Waals surface area contributed by atoms with Gasteiger partial charge in [-0.1, -0.05) is 11.3 Å². The second kappa shape index (κ2) is 12.0. The number of ether oxygens (including phenoxy) is 1. The molecule has 2 aromatic carbocycles. The van der Waals surface area contributed by atoms with Crippen LogP contribution >= 0.6 is 35.5 Å². The van der Waals surface area contributed by atoms with E-state index in [-0.39, 0.29) is 24.1 Å². The van der Waals surface area contributed by atoms with Gasteiger partial charge in [-0.3, -0.25) is 9.69 Å². The van der Waals surface area contributed by atoms with E-state index in [1.165, 1.54) is 23.5 Å². The number of amides is 1. The third kappa shape index (κ3) is 6.69. The molecule has 0 fully saturated rings. The van der Waals surface area contributed by atoms with Gasteiger partial charge in [0, 0.05) is 42.6 Å². The number of methoxy groups -OCH3 is 1. The van der Waals surface area contributed by atoms with Crippen molar-refractivity contribution in [1.82, 2.24) is 14.5 Å². The molecule has 0 radical (unpaired) electrons. The van der Waals surface area contributed by atoms with E-state index >= 15 is 0 Å². The fraction of sp³-hybridized carbons (Fsp3) is 0.261. The maximum Gasteiger partial charge on any atom is 0.229 e. The van der Waals surface area contributed by atoms with E-state index in [0.29, 0.717) is 23.8 Å². The van der Waals surface area contributed by atoms with E-state index in [1.807, 2.05) is 29.0 Å². The van der Waals surface area contributed by atoms with Crippen molar-refractivity contribution in [2.24, 2.45) is 0 Å². The normalized spacial score (nSPS) is 10.7. The van der Waals surface area contributed by atoms with E-state index < -0.39 is 0 Å². The van der Waals surface area contributed by atoms with Crippen LogP contribution in [0.3, 0.4) is 0 Å². The van der Waals surface area contributed by atoms with Crippen LogP contribution in [0.2, 0.25) is 0 Å². The van der Waals surface area contributed by atoms with Crippen LogP contribution in [-0.4, -0.2) is 39.8 Å². The molecule has 1 amide bonds. The van der Waals surface area contributed by atoms with Crippen LogP contribution in [0.15, 0.2) is 66.1 Å². The Balaban J connectivity index is 0.00000306. The number of nitrogens with zero attached hydrogens (tertiary/aromatic N) is 4. The molecule has 0 aliphatic heterocycles. The number of fused-ring (bicyclic) bond motifs is 1. The van der Waals surface area contributed by atoms with Crippen LogP contribution in [0.5, 0.6) is 5.75 Å². The van der Waals surface area contributed by atoms with Gasteiger partial charge in [0.05, 0.1) is 23.7 Å². The number of rotatable bonds is 10. The summed E-state index contributed by atoms with van der Waals surface area (Å²) in [4.78, 5) is 24.6. The average Bonchev–Trinajstić information content (AvgIpc) is 3.47. The number of imidazole rings is 1. The molecular formula is C23H24ClFN4O2S2. The predicted molar refractivity (Wildman–Crippen MR) is 134 cm³/mol. The monoisotopic (exact) mass is 506 g/mol. The Morgan fingerprint density at radius 1 is 1.24 bits per heavy atom. The molecule has 0 saturated heterocycles. The molecule has 6 nitrogen and oxygen atoms in total. The molecule has 0 atom stereocenters. The number of hydrogen-bond acceptors (Lipinski definition) is 6. The minimum absolute atomic E-state index is 0. The first-order valence-corrected chi connectivity index (χ1v) is 12.0. The molecule has 2 heterocycles. The standard InChI is InChI=1S/C23H23FN4O2S2.ClH/c1-30-18-5-8-20-21(15-18)32-23(26-20)28(12-2-11-27-13-10-25-16-27)22(29)9-14-31-19-6-3-17(24)4-7-19;/h3-8,10,13,15-16H,2,9,11-12,14H2,1H3;1H. The molecule has 0 spiro atoms. The van der Waals surface area contributed by atoms with Gasteiger partial charge in [0.1, 0.15) is 11.6 Å². The Hall–Kier alpha value is -2.62. The number of thioether (sulfide) groups is 1. The van der Waals surface area contributed by atoms with Crippen molar-refractivity contribution in [3.05, 3.63) is 67.0 Å². The van der Waals surface area contributed by atoms with Crippen LogP contribution in [0.4, 0.5) is 9.52 Å². The lowest BCUT2D eigenvalue weighted by Gasteiger charge is -2.20. The number of anilines is 1. The molecule has 4 aromatic rings. The maximum absolute atomic E-state index is 13.2. The smallest absolute Gasteiger partial charge is 0.229 e. The van der Waals surface area contributed by atoms with E-state index in [2.05, 4.69) is 4.98 Å². The van der Waals surface area contributed by atoms with Crippen molar-refractivity contribution in [3.8, 4) is 5.75 Å². The van der Waals surface area contributed by atoms with Gasteiger partial charge in [0.2, 0.25) is 5.91 Å². The quantitative estimate of drug-likeness (QED) is 0.259. The molecular weight excluding hydrogens is 483 g/mol. The summed E-state index contributed by atoms with van der Waals surface area (Å²) in [5.41, 5.74) is 0.846. The molecule has 0 aliphatic rings. The van der Waals surface area contributed by atoms with E-state index in [0.717, 1.165) is 33.8 Å². The average molecular weight is 507 g/mol. The molecule has 2 aromatic heterocycles. The molecule has 0 aliphatic carbocycles. The highest BCUT2D eigenvalue weighted by Gasteiger charge is 2.19. The second-order valence-corrected chi connectivity index (χ2v) is 9.26. The minimum Gasteiger partial charge on any atom is -0.497 e. The second-order valence-electron chi connectivity index (χ2n) is 7.08. The Morgan fingerprint density at radius 3 is 2.79 bits per heavy atom. The van der Waals surface area contributed by atoms with Gasteiger partial charge < -0.3 is 9.30 Å². The first-order valence-electron chi connectivity index (χ1n) is 10.2. The van der Waals surface area contributed by atoms with Crippen molar-refractivity contribution in [1.29, 1.82) is 0 Å². The summed E-state index contributed by atoms with van der Waals surface area (Å²) >= 11 is 3.03. The summed E-state index contributed by atoms with van der Waals surface area (Å²) < 4.78 is 21.4. The number of aromatic nitrogens is 3. The number of aryl methyl sites for hydroxylation is 1. The van der Waals surface area contributed by atoms with E-state index in [1.54, 1.807) is 48.4 Å². The zero-order valence-electron chi connectivity index (χ0n) is 18.0. The number of thiazole rings is 1. The summed E-state index contributed by atoms with van der Waals surface area (Å²) in [5.74, 6) is 1.14. The lowest BCUT2D eigenvalue weighted by molar-refractivity contribution is -0.118. The van der Waals surface area contributed by atoms with Gasteiger partial charge >= 0.3 is 0 Å². The van der Waals surface area contributed by atoms with Crippen molar-refractivity contribution in [2.45, 2.75) is 24.3 Å². The lowest BCUT2D eigenvalue weighted by atomic mass is 10.3. The van der Waals surface area contributed by atoms with Crippen LogP contribution in [-0.2, 0) is 11.3 Å². The molecule has 0 unspecified atom stereocenters. The summed E-state index contributed by atoms with van der Waals surface area (Å²) in [5, 5.41) is 0.690. The Morgan fingerprint density at radius 2 is 2.06 bits per heavy atom. The summed E-state index contributed by atoms with van der Waals surface area (Å²) in [6, 6.07) is 12.0. The zero-order chi connectivity index (χ0) is 22.3. The summed E-state index contributed by atoms with van der Waals surface area (Å²) in [6.45, 7) is 1.34. The molecule has 0 saturated carbocycles. The molecule has 10 heteroatoms. The van der Waals surface area contributed by atoms with Gasteiger partial charge in [-0.05, 0) is 48.9 Å². The van der Waals surface area contributed by atoms with Crippen LogP contribution in [0.25, 0.3) is 10.2 Å². The number of hydrogen-bond donors (Lipinski definition) is 0. The molecule has 0 bridgehead atoms. The largest absolute Gasteiger partial charge is 0.497 e. The molecule has 174 valence electrons. The fourth-order valence-electron chi connectivity index (χ4n) is 3.21. The van der Waals surface area contributed by atoms with Crippen molar-refractivity contribution < 1.29 is 13.9 Å². The fourth-order valence-corrected chi connectivity index (χ4v) is 5.09. The van der Waals surface area contributed by atoms with Gasteiger partial charge in [-0.15, -0.1) is 24.2 Å². The van der Waals surface area contributed by atoms with Gasteiger partial charge in [-0.2, -0.15) is 0 Å². The van der Waals surface area contributed by atoms with Crippen LogP contribution in [0, 0.1) is 5.82 Å². The predicted octanol–water partition coefficient (Wildman–Crippen LogP) is 5.67. The molecule has 0 N–H and O–H groups in total. The summed E-state index contributed by atoms with van der Waals surface area (Å²) in [6.07, 6.45) is 6.58. The minimum atomic E-state index is -0.262. The Kier molecular flexibility index (Phi) is 9.11. The maximum atomic E-state index is 13.2. The van der Waals surface area contributed by atoms with E-state index in [9.17, 15) is 9.18 Å². The van der Waals surface area contributed by atoms with Gasteiger partial charge in [0.15, 0.2) is 5.13 Å².